The molecule has 17 heteroatoms. The molecule has 14 aromatic carbocycles. The third-order valence-electron chi connectivity index (χ3n) is 23.6. The van der Waals surface area contributed by atoms with Crippen molar-refractivity contribution in [1.82, 2.24) is 27.6 Å². The third kappa shape index (κ3) is 10.9. The van der Waals surface area contributed by atoms with Crippen molar-refractivity contribution >= 4 is 237 Å². The summed E-state index contributed by atoms with van der Waals surface area (Å²) in [5.41, 5.74) is 12.7. The quantitative estimate of drug-likeness (QED) is 0.127. The lowest BCUT2D eigenvalue weighted by Crippen LogP contribution is -1.99. The van der Waals surface area contributed by atoms with Gasteiger partial charge in [-0.3, -0.25) is 43.2 Å². The van der Waals surface area contributed by atoms with Crippen LogP contribution in [0.1, 0.15) is 23.6 Å². The van der Waals surface area contributed by atoms with Gasteiger partial charge in [-0.25, -0.2) is 0 Å². The Kier molecular flexibility index (Phi) is 17.4. The topological polar surface area (TPSA) is 111 Å². The van der Waals surface area contributed by atoms with Crippen molar-refractivity contribution < 1.29 is 0 Å². The zero-order valence-electron chi connectivity index (χ0n) is 65.7. The summed E-state index contributed by atoms with van der Waals surface area (Å²) in [6.45, 7) is 80.7. The zero-order chi connectivity index (χ0) is 84.9. The number of fused-ring (bicyclic) bond motifs is 35. The predicted octanol–water partition coefficient (Wildman–Crippen LogP) is 31.1. The first-order chi connectivity index (χ1) is 61.0. The molecular formula is C107H53N17. The second-order valence-electron chi connectivity index (χ2n) is 29.7. The van der Waals surface area contributed by atoms with Crippen molar-refractivity contribution in [2.45, 2.75) is 13.8 Å². The monoisotopic (exact) mass is 1580 g/mol. The van der Waals surface area contributed by atoms with Crippen LogP contribution in [0.5, 0.6) is 0 Å². The molecule has 0 spiro atoms. The van der Waals surface area contributed by atoms with E-state index in [0.29, 0.717) is 33.4 Å². The molecule has 566 valence electrons. The molecule has 0 aliphatic carbocycles. The summed E-state index contributed by atoms with van der Waals surface area (Å²) < 4.78 is 8.19. The second-order valence-corrected chi connectivity index (χ2v) is 29.7. The van der Waals surface area contributed by atoms with Crippen LogP contribution in [0.4, 0.5) is 57.1 Å². The van der Waals surface area contributed by atoms with Gasteiger partial charge in [-0.2, -0.15) is 5.26 Å². The molecule has 23 rings (SSSR count). The number of aryl methyl sites for hydroxylation is 1. The Bertz CT molecular complexity index is 9130. The first kappa shape index (κ1) is 73.8. The normalized spacial score (nSPS) is 11.2. The smallest absolute Gasteiger partial charge is 0.295 e. The third-order valence-corrected chi connectivity index (χ3v) is 23.6. The largest absolute Gasteiger partial charge is 0.370 e. The molecule has 17 nitrogen and oxygen atoms in total. The van der Waals surface area contributed by atoms with Gasteiger partial charge < -0.3 is 22.9 Å². The van der Waals surface area contributed by atoms with Crippen LogP contribution in [0.2, 0.25) is 0 Å². The molecule has 0 fully saturated rings. The summed E-state index contributed by atoms with van der Waals surface area (Å²) in [7, 11) is 0. The van der Waals surface area contributed by atoms with E-state index < -0.39 is 0 Å². The first-order valence-corrected chi connectivity index (χ1v) is 39.1. The summed E-state index contributed by atoms with van der Waals surface area (Å²) in [4.78, 5) is 45.2. The molecule has 0 aliphatic heterocycles. The van der Waals surface area contributed by atoms with E-state index in [1.54, 1.807) is 6.07 Å². The number of aromatic nitrogens is 6. The van der Waals surface area contributed by atoms with Gasteiger partial charge >= 0.3 is 0 Å². The van der Waals surface area contributed by atoms with Gasteiger partial charge in [0.05, 0.1) is 86.3 Å². The molecule has 9 aromatic heterocycles. The van der Waals surface area contributed by atoms with Gasteiger partial charge in [0.1, 0.15) is 0 Å². The van der Waals surface area contributed by atoms with Crippen LogP contribution in [-0.4, -0.2) is 27.6 Å². The molecule has 0 saturated carbocycles. The molecule has 9 heterocycles. The number of nitrogens with zero attached hydrogens (tertiary/aromatic N) is 17. The number of pyridine rings is 4. The van der Waals surface area contributed by atoms with Crippen molar-refractivity contribution in [3.8, 4) is 17.2 Å². The van der Waals surface area contributed by atoms with E-state index in [1.165, 1.54) is 10.8 Å². The Balaban J connectivity index is 0.000000105. The lowest BCUT2D eigenvalue weighted by molar-refractivity contribution is 1.20. The van der Waals surface area contributed by atoms with Crippen molar-refractivity contribution in [2.24, 2.45) is 0 Å². The van der Waals surface area contributed by atoms with Gasteiger partial charge in [0.2, 0.25) is 22.6 Å². The van der Waals surface area contributed by atoms with Crippen LogP contribution >= 0.6 is 0 Å². The molecule has 0 radical (unpaired) electrons. The standard InChI is InChI=1S/C30H17N5.C27H12N4.C26H13N3.C24H11N5/c1-6-11-19-12-7-9-14-21(19)24-18(2)29-22-15-10-8-13-20(22)17-35(29)30-23(16-31)26(32-3)28(34-5)27(33-4)25(24)30;1-28-21-14-22-24(26(30-3)25(21)29-2)23-18-10-6-4-8-16(18)12-13-20(23)27-19-11-7-5-9-17(19)15-31(22)27;1-27-22-13-21-24(14-23(22)28-2)29-15-17-8-4-6-10-19(17)26(29)20-12-11-16-7-3-5-9-18(16)25(20)21;1-25-22-23(26-2)28-24-20(27-22)19-16-9-5-3-7-14(16)11-12-18(19)21-17-10-6-4-8-15(17)13-29(21)24/h6-15,17H,1-2H3;4-15H;3-15H;3-13H/b11-6-;;;. The van der Waals surface area contributed by atoms with Crippen LogP contribution in [0.25, 0.3) is 239 Å². The Labute approximate surface area is 706 Å². The first-order valence-electron chi connectivity index (χ1n) is 39.1. The van der Waals surface area contributed by atoms with Crippen molar-refractivity contribution in [2.75, 3.05) is 0 Å². The van der Waals surface area contributed by atoms with Crippen LogP contribution in [0.15, 0.2) is 280 Å². The van der Waals surface area contributed by atoms with Crippen LogP contribution < -0.4 is 0 Å². The summed E-state index contributed by atoms with van der Waals surface area (Å²) in [5.74, 6) is 0.0731. The average Bonchev–Trinajstić information content (AvgIpc) is 1.50. The minimum absolute atomic E-state index is 0.0335. The maximum atomic E-state index is 10.2. The summed E-state index contributed by atoms with van der Waals surface area (Å²) >= 11 is 0. The molecule has 0 unspecified atom stereocenters. The van der Waals surface area contributed by atoms with Crippen molar-refractivity contribution in [3.63, 3.8) is 0 Å². The van der Waals surface area contributed by atoms with Crippen molar-refractivity contribution in [3.05, 3.63) is 410 Å². The summed E-state index contributed by atoms with van der Waals surface area (Å²) in [6.07, 6.45) is 12.1. The van der Waals surface area contributed by atoms with Gasteiger partial charge in [-0.15, -0.1) is 9.97 Å². The highest BCUT2D eigenvalue weighted by atomic mass is 15.1. The van der Waals surface area contributed by atoms with Crippen LogP contribution in [0.3, 0.4) is 0 Å². The van der Waals surface area contributed by atoms with Gasteiger partial charge in [-0.1, -0.05) is 262 Å². The van der Waals surface area contributed by atoms with Gasteiger partial charge in [0, 0.05) is 106 Å². The minimum Gasteiger partial charge on any atom is -0.370 e. The van der Waals surface area contributed by atoms with E-state index in [-0.39, 0.29) is 51.3 Å². The molecular weight excluding hydrogens is 1520 g/mol. The van der Waals surface area contributed by atoms with E-state index >= 15 is 0 Å². The molecule has 0 saturated heterocycles. The lowest BCUT2D eigenvalue weighted by atomic mass is 9.89. The highest BCUT2D eigenvalue weighted by Crippen LogP contribution is 2.55. The molecule has 23 aromatic rings. The van der Waals surface area contributed by atoms with E-state index in [9.17, 15) is 5.26 Å². The van der Waals surface area contributed by atoms with Crippen LogP contribution in [-0.2, 0) is 0 Å². The molecule has 124 heavy (non-hydrogen) atoms. The number of hydrogen-bond donors (Lipinski definition) is 0. The predicted molar refractivity (Wildman–Crippen MR) is 502 cm³/mol. The minimum atomic E-state index is -0.0726. The van der Waals surface area contributed by atoms with Gasteiger partial charge in [0.15, 0.2) is 28.4 Å². The number of benzene rings is 14. The van der Waals surface area contributed by atoms with E-state index in [2.05, 4.69) is 207 Å². The fraction of sp³-hybridized carbons (Fsp3) is 0.0187. The average molecular weight is 1580 g/mol. The SMILES string of the molecule is [C-]#[N+]c1c([N+]#[C-])c(C#N)c2c(c1[N+]#[C-])c(-c1ccccc1/C=C\C)c(C)c1c3ccccc3cn21.[C-]#[N+]c1cc2c(c([N+]#[C-])c1[N+]#[C-])c1c3ccccc3ccc1c1c3ccccc3cn21.[C-]#[N+]c1cc2c3c4ccccc4ccc3c3c4ccccc4cn3c2cc1[N+]#[C-].[C-]#[N+]c1nc2c3c4ccccc4ccc3c3c4ccccc4cn3c2nc1[N+]#[C-]. The maximum absolute atomic E-state index is 10.2. The number of nitriles is 1. The lowest BCUT2D eigenvalue weighted by Gasteiger charge is -2.20. The highest BCUT2D eigenvalue weighted by molar-refractivity contribution is 6.33. The van der Waals surface area contributed by atoms with Crippen LogP contribution in [0, 0.1) is 84.0 Å². The van der Waals surface area contributed by atoms with E-state index in [0.717, 1.165) is 163 Å². The number of rotatable bonds is 2. The second kappa shape index (κ2) is 29.3. The Morgan fingerprint density at radius 1 is 0.315 bits per heavy atom. The number of hydrogen-bond acceptors (Lipinski definition) is 3. The Hall–Kier alpha value is -19.0. The molecule has 0 aliphatic rings. The summed E-state index contributed by atoms with van der Waals surface area (Å²) in [6, 6.07) is 85.7. The molecule has 0 N–H and O–H groups in total. The zero-order valence-corrected chi connectivity index (χ0v) is 65.7. The number of allylic oxidation sites excluding steroid dienone is 1. The maximum Gasteiger partial charge on any atom is 0.295 e. The van der Waals surface area contributed by atoms with E-state index in [4.69, 9.17) is 65.7 Å². The van der Waals surface area contributed by atoms with Crippen molar-refractivity contribution in [1.29, 1.82) is 5.26 Å². The Morgan fingerprint density at radius 3 is 1.24 bits per heavy atom. The van der Waals surface area contributed by atoms with E-state index in [1.807, 2.05) is 169 Å². The fourth-order valence-corrected chi connectivity index (χ4v) is 18.5. The molecule has 0 bridgehead atoms. The van der Waals surface area contributed by atoms with Gasteiger partial charge in [0.25, 0.3) is 17.3 Å². The fourth-order valence-electron chi connectivity index (χ4n) is 18.5. The molecule has 0 amide bonds. The summed E-state index contributed by atoms with van der Waals surface area (Å²) in [5, 5.41) is 34.2. The highest BCUT2D eigenvalue weighted by Gasteiger charge is 2.30. The van der Waals surface area contributed by atoms with Gasteiger partial charge in [-0.05, 0) is 107 Å². The Morgan fingerprint density at radius 2 is 0.726 bits per heavy atom. The molecule has 0 atom stereocenters.